The van der Waals surface area contributed by atoms with Gasteiger partial charge in [0.25, 0.3) is 5.91 Å². The zero-order valence-electron chi connectivity index (χ0n) is 11.0. The Bertz CT molecular complexity index is 461. The van der Waals surface area contributed by atoms with Crippen LogP contribution >= 0.6 is 0 Å². The first-order valence-corrected chi connectivity index (χ1v) is 6.59. The Balaban J connectivity index is 1.83. The molecule has 0 heterocycles. The number of amides is 1. The first-order valence-electron chi connectivity index (χ1n) is 6.59. The number of rotatable bonds is 6. The molecule has 1 aromatic rings. The molecule has 19 heavy (non-hydrogen) atoms. The second kappa shape index (κ2) is 6.10. The summed E-state index contributed by atoms with van der Waals surface area (Å²) in [6, 6.07) is 3.61. The minimum atomic E-state index is -0.827. The maximum absolute atomic E-state index is 13.4. The number of halogens is 2. The van der Waals surface area contributed by atoms with E-state index in [0.29, 0.717) is 12.6 Å². The molecule has 3 nitrogen and oxygen atoms in total. The number of carbonyl (C=O) groups is 1. The molecule has 0 unspecified atom stereocenters. The van der Waals surface area contributed by atoms with E-state index >= 15 is 0 Å². The lowest BCUT2D eigenvalue weighted by Crippen LogP contribution is -2.36. The molecule has 1 fully saturated rings. The highest BCUT2D eigenvalue weighted by molar-refractivity contribution is 5.94. The first kappa shape index (κ1) is 13.9. The van der Waals surface area contributed by atoms with Crippen LogP contribution in [0.3, 0.4) is 0 Å². The van der Waals surface area contributed by atoms with Crippen molar-refractivity contribution in [1.29, 1.82) is 0 Å². The van der Waals surface area contributed by atoms with Gasteiger partial charge in [0, 0.05) is 25.2 Å². The molecule has 1 amide bonds. The highest BCUT2D eigenvalue weighted by Gasteiger charge is 2.27. The van der Waals surface area contributed by atoms with Crippen molar-refractivity contribution in [3.63, 3.8) is 0 Å². The van der Waals surface area contributed by atoms with Gasteiger partial charge in [0.05, 0.1) is 5.56 Å². The predicted molar refractivity (Wildman–Crippen MR) is 69.0 cm³/mol. The third-order valence-electron chi connectivity index (χ3n) is 3.33. The average molecular weight is 268 g/mol. The number of hydrogen-bond donors (Lipinski definition) is 1. The lowest BCUT2D eigenvalue weighted by atomic mass is 10.2. The van der Waals surface area contributed by atoms with Crippen LogP contribution in [0.2, 0.25) is 0 Å². The maximum atomic E-state index is 13.4. The van der Waals surface area contributed by atoms with E-state index in [4.69, 9.17) is 0 Å². The minimum Gasteiger partial charge on any atom is -0.351 e. The number of benzene rings is 1. The van der Waals surface area contributed by atoms with E-state index in [2.05, 4.69) is 17.1 Å². The van der Waals surface area contributed by atoms with Crippen LogP contribution in [0.1, 0.15) is 30.1 Å². The highest BCUT2D eigenvalue weighted by Crippen LogP contribution is 2.25. The first-order chi connectivity index (χ1) is 9.11. The van der Waals surface area contributed by atoms with Crippen molar-refractivity contribution in [1.82, 2.24) is 10.2 Å². The topological polar surface area (TPSA) is 32.3 Å². The highest BCUT2D eigenvalue weighted by atomic mass is 19.1. The molecular weight excluding hydrogens is 250 g/mol. The standard InChI is InChI=1S/C14H18F2N2O/c1-2-18(11-4-5-11)8-7-17-14(19)12-6-3-10(15)9-13(12)16/h3,6,9,11H,2,4-5,7-8H2,1H3,(H,17,19). The molecule has 0 aliphatic heterocycles. The molecule has 5 heteroatoms. The molecule has 1 saturated carbocycles. The third kappa shape index (κ3) is 3.73. The van der Waals surface area contributed by atoms with Gasteiger partial charge >= 0.3 is 0 Å². The van der Waals surface area contributed by atoms with Gasteiger partial charge in [0.15, 0.2) is 0 Å². The average Bonchev–Trinajstić information content (AvgIpc) is 3.18. The Morgan fingerprint density at radius 2 is 2.16 bits per heavy atom. The van der Waals surface area contributed by atoms with Crippen LogP contribution in [0.5, 0.6) is 0 Å². The van der Waals surface area contributed by atoms with Crippen LogP contribution < -0.4 is 5.32 Å². The smallest absolute Gasteiger partial charge is 0.254 e. The van der Waals surface area contributed by atoms with Gasteiger partial charge in [-0.2, -0.15) is 0 Å². The second-order valence-electron chi connectivity index (χ2n) is 4.74. The molecule has 0 atom stereocenters. The lowest BCUT2D eigenvalue weighted by molar-refractivity contribution is 0.0944. The molecule has 0 saturated heterocycles. The van der Waals surface area contributed by atoms with Crippen molar-refractivity contribution in [2.45, 2.75) is 25.8 Å². The van der Waals surface area contributed by atoms with Crippen LogP contribution in [0.25, 0.3) is 0 Å². The van der Waals surface area contributed by atoms with Crippen LogP contribution in [-0.2, 0) is 0 Å². The van der Waals surface area contributed by atoms with Gasteiger partial charge in [0.1, 0.15) is 11.6 Å². The van der Waals surface area contributed by atoms with E-state index in [9.17, 15) is 13.6 Å². The van der Waals surface area contributed by atoms with Crippen molar-refractivity contribution >= 4 is 5.91 Å². The molecule has 0 aromatic heterocycles. The van der Waals surface area contributed by atoms with E-state index in [-0.39, 0.29) is 5.56 Å². The summed E-state index contributed by atoms with van der Waals surface area (Å²) in [6.45, 7) is 4.26. The van der Waals surface area contributed by atoms with Crippen LogP contribution in [0.4, 0.5) is 8.78 Å². The quantitative estimate of drug-likeness (QED) is 0.857. The fourth-order valence-electron chi connectivity index (χ4n) is 2.12. The summed E-state index contributed by atoms with van der Waals surface area (Å²) in [5, 5.41) is 2.66. The van der Waals surface area contributed by atoms with E-state index in [1.807, 2.05) is 0 Å². The minimum absolute atomic E-state index is 0.115. The lowest BCUT2D eigenvalue weighted by Gasteiger charge is -2.19. The number of nitrogens with zero attached hydrogens (tertiary/aromatic N) is 1. The van der Waals surface area contributed by atoms with Crippen LogP contribution in [0.15, 0.2) is 18.2 Å². The molecule has 2 rings (SSSR count). The fourth-order valence-corrected chi connectivity index (χ4v) is 2.12. The molecule has 0 radical (unpaired) electrons. The third-order valence-corrected chi connectivity index (χ3v) is 3.33. The Kier molecular flexibility index (Phi) is 4.47. The number of carbonyl (C=O) groups excluding carboxylic acids is 1. The van der Waals surface area contributed by atoms with Gasteiger partial charge in [-0.15, -0.1) is 0 Å². The summed E-state index contributed by atoms with van der Waals surface area (Å²) in [6.07, 6.45) is 2.43. The number of nitrogens with one attached hydrogen (secondary N) is 1. The summed E-state index contributed by atoms with van der Waals surface area (Å²) in [5.74, 6) is -2.00. The van der Waals surface area contributed by atoms with Crippen molar-refractivity contribution < 1.29 is 13.6 Å². The van der Waals surface area contributed by atoms with Gasteiger partial charge in [-0.1, -0.05) is 6.92 Å². The Hall–Kier alpha value is -1.49. The Morgan fingerprint density at radius 1 is 1.42 bits per heavy atom. The zero-order valence-corrected chi connectivity index (χ0v) is 11.0. The normalized spacial score (nSPS) is 14.7. The fraction of sp³-hybridized carbons (Fsp3) is 0.500. The Labute approximate surface area is 111 Å². The zero-order chi connectivity index (χ0) is 13.8. The summed E-state index contributed by atoms with van der Waals surface area (Å²) in [7, 11) is 0. The van der Waals surface area contributed by atoms with Gasteiger partial charge < -0.3 is 5.32 Å². The van der Waals surface area contributed by atoms with Crippen LogP contribution in [0, 0.1) is 11.6 Å². The van der Waals surface area contributed by atoms with Gasteiger partial charge in [-0.05, 0) is 31.5 Å². The summed E-state index contributed by atoms with van der Waals surface area (Å²) >= 11 is 0. The molecule has 1 aromatic carbocycles. The molecular formula is C14H18F2N2O. The molecule has 0 spiro atoms. The molecule has 1 N–H and O–H groups in total. The second-order valence-corrected chi connectivity index (χ2v) is 4.74. The summed E-state index contributed by atoms with van der Waals surface area (Å²) < 4.78 is 26.1. The Morgan fingerprint density at radius 3 is 2.74 bits per heavy atom. The van der Waals surface area contributed by atoms with Crippen molar-refractivity contribution in [3.8, 4) is 0 Å². The molecule has 1 aliphatic rings. The predicted octanol–water partition coefficient (Wildman–Crippen LogP) is 2.18. The van der Waals surface area contributed by atoms with Gasteiger partial charge in [-0.3, -0.25) is 9.69 Å². The number of likely N-dealkylation sites (N-methyl/N-ethyl adjacent to an activating group) is 1. The van der Waals surface area contributed by atoms with Crippen molar-refractivity contribution in [2.24, 2.45) is 0 Å². The van der Waals surface area contributed by atoms with E-state index < -0.39 is 17.5 Å². The van der Waals surface area contributed by atoms with Crippen molar-refractivity contribution in [3.05, 3.63) is 35.4 Å². The number of hydrogen-bond acceptors (Lipinski definition) is 2. The van der Waals surface area contributed by atoms with Gasteiger partial charge in [0.2, 0.25) is 0 Å². The molecule has 1 aliphatic carbocycles. The maximum Gasteiger partial charge on any atom is 0.254 e. The molecule has 0 bridgehead atoms. The van der Waals surface area contributed by atoms with E-state index in [0.717, 1.165) is 25.2 Å². The SMILES string of the molecule is CCN(CCNC(=O)c1ccc(F)cc1F)C1CC1. The monoisotopic (exact) mass is 268 g/mol. The summed E-state index contributed by atoms with van der Waals surface area (Å²) in [4.78, 5) is 14.0. The summed E-state index contributed by atoms with van der Waals surface area (Å²) in [5.41, 5.74) is -0.115. The molecule has 104 valence electrons. The van der Waals surface area contributed by atoms with E-state index in [1.165, 1.54) is 18.9 Å². The van der Waals surface area contributed by atoms with Gasteiger partial charge in [-0.25, -0.2) is 8.78 Å². The van der Waals surface area contributed by atoms with E-state index in [1.54, 1.807) is 0 Å². The van der Waals surface area contributed by atoms with Crippen LogP contribution in [-0.4, -0.2) is 36.5 Å². The van der Waals surface area contributed by atoms with Crippen molar-refractivity contribution in [2.75, 3.05) is 19.6 Å². The largest absolute Gasteiger partial charge is 0.351 e.